The summed E-state index contributed by atoms with van der Waals surface area (Å²) in [4.78, 5) is 0. The summed E-state index contributed by atoms with van der Waals surface area (Å²) < 4.78 is 2.70. The average Bonchev–Trinajstić information content (AvgIpc) is 2.17. The Bertz CT molecular complexity index is 315. The molecule has 4 nitrogen and oxygen atoms in total. The molecule has 66 valence electrons. The molecule has 0 aromatic carbocycles. The van der Waals surface area contributed by atoms with Crippen LogP contribution in [0.15, 0.2) is 4.47 Å². The molecule has 1 rings (SSSR count). The van der Waals surface area contributed by atoms with Gasteiger partial charge in [-0.05, 0) is 29.8 Å². The van der Waals surface area contributed by atoms with E-state index in [-0.39, 0.29) is 5.84 Å². The van der Waals surface area contributed by atoms with Crippen LogP contribution in [-0.4, -0.2) is 15.6 Å². The summed E-state index contributed by atoms with van der Waals surface area (Å²) in [6.07, 6.45) is 0. The van der Waals surface area contributed by atoms with Crippen LogP contribution in [0, 0.1) is 19.3 Å². The van der Waals surface area contributed by atoms with Gasteiger partial charge in [0.2, 0.25) is 0 Å². The molecule has 0 spiro atoms. The molecule has 0 aliphatic carbocycles. The van der Waals surface area contributed by atoms with Gasteiger partial charge in [-0.25, -0.2) is 0 Å². The van der Waals surface area contributed by atoms with Gasteiger partial charge in [0.1, 0.15) is 5.84 Å². The largest absolute Gasteiger partial charge is 0.386 e. The number of nitrogens with one attached hydrogen (secondary N) is 1. The minimum atomic E-state index is 0.119. The predicted octanol–water partition coefficient (Wildman–Crippen LogP) is 1.20. The molecule has 1 heterocycles. The number of aryl methyl sites for hydroxylation is 1. The summed E-state index contributed by atoms with van der Waals surface area (Å²) in [5.41, 5.74) is 7.19. The number of nitrogens with two attached hydrogens (primary N) is 1. The van der Waals surface area contributed by atoms with E-state index < -0.39 is 0 Å². The van der Waals surface area contributed by atoms with Crippen LogP contribution in [0.1, 0.15) is 11.4 Å². The molecule has 0 saturated carbocycles. The van der Waals surface area contributed by atoms with Crippen molar-refractivity contribution in [2.75, 3.05) is 0 Å². The van der Waals surface area contributed by atoms with E-state index in [0.29, 0.717) is 6.54 Å². The van der Waals surface area contributed by atoms with Crippen molar-refractivity contribution in [2.24, 2.45) is 5.73 Å². The summed E-state index contributed by atoms with van der Waals surface area (Å²) in [5.74, 6) is 0.119. The average molecular weight is 231 g/mol. The summed E-state index contributed by atoms with van der Waals surface area (Å²) in [7, 11) is 0. The van der Waals surface area contributed by atoms with E-state index in [1.54, 1.807) is 4.68 Å². The number of halogens is 1. The van der Waals surface area contributed by atoms with Crippen LogP contribution in [-0.2, 0) is 6.54 Å². The molecule has 1 aromatic rings. The highest BCUT2D eigenvalue weighted by atomic mass is 79.9. The van der Waals surface area contributed by atoms with Crippen LogP contribution >= 0.6 is 15.9 Å². The van der Waals surface area contributed by atoms with Crippen molar-refractivity contribution in [3.63, 3.8) is 0 Å². The monoisotopic (exact) mass is 230 g/mol. The van der Waals surface area contributed by atoms with E-state index in [0.717, 1.165) is 15.9 Å². The predicted molar refractivity (Wildman–Crippen MR) is 51.3 cm³/mol. The van der Waals surface area contributed by atoms with Gasteiger partial charge in [-0.1, -0.05) is 0 Å². The Hall–Kier alpha value is -0.840. The summed E-state index contributed by atoms with van der Waals surface area (Å²) >= 11 is 3.40. The second kappa shape index (κ2) is 3.26. The van der Waals surface area contributed by atoms with Crippen molar-refractivity contribution in [3.05, 3.63) is 15.9 Å². The lowest BCUT2D eigenvalue weighted by Gasteiger charge is -2.00. The number of amidine groups is 1. The minimum Gasteiger partial charge on any atom is -0.386 e. The third-order valence-corrected chi connectivity index (χ3v) is 2.76. The van der Waals surface area contributed by atoms with E-state index in [1.165, 1.54) is 0 Å². The summed E-state index contributed by atoms with van der Waals surface area (Å²) in [5, 5.41) is 11.3. The number of rotatable bonds is 2. The molecule has 0 aliphatic rings. The lowest BCUT2D eigenvalue weighted by molar-refractivity contribution is 0.687. The molecule has 12 heavy (non-hydrogen) atoms. The number of hydrogen-bond acceptors (Lipinski definition) is 2. The summed E-state index contributed by atoms with van der Waals surface area (Å²) in [6, 6.07) is 0. The van der Waals surface area contributed by atoms with Gasteiger partial charge in [-0.3, -0.25) is 10.1 Å². The lowest BCUT2D eigenvalue weighted by atomic mass is 10.4. The molecule has 1 aromatic heterocycles. The van der Waals surface area contributed by atoms with E-state index in [4.69, 9.17) is 11.1 Å². The normalized spacial score (nSPS) is 10.2. The van der Waals surface area contributed by atoms with Gasteiger partial charge in [-0.2, -0.15) is 5.10 Å². The zero-order chi connectivity index (χ0) is 9.30. The van der Waals surface area contributed by atoms with Crippen molar-refractivity contribution >= 4 is 21.8 Å². The SMILES string of the molecule is Cc1nn(CC(=N)N)c(C)c1Br. The van der Waals surface area contributed by atoms with Crippen LogP contribution in [0.25, 0.3) is 0 Å². The van der Waals surface area contributed by atoms with Gasteiger partial charge >= 0.3 is 0 Å². The van der Waals surface area contributed by atoms with Crippen LogP contribution < -0.4 is 5.73 Å². The van der Waals surface area contributed by atoms with Crippen LogP contribution in [0.4, 0.5) is 0 Å². The van der Waals surface area contributed by atoms with E-state index >= 15 is 0 Å². The fourth-order valence-corrected chi connectivity index (χ4v) is 1.27. The molecule has 0 fully saturated rings. The molecular weight excluding hydrogens is 220 g/mol. The third-order valence-electron chi connectivity index (χ3n) is 1.61. The van der Waals surface area contributed by atoms with Crippen molar-refractivity contribution in [1.82, 2.24) is 9.78 Å². The Morgan fingerprint density at radius 1 is 1.67 bits per heavy atom. The zero-order valence-corrected chi connectivity index (χ0v) is 8.64. The Balaban J connectivity index is 3.01. The summed E-state index contributed by atoms with van der Waals surface area (Å²) in [6.45, 7) is 4.21. The van der Waals surface area contributed by atoms with Crippen molar-refractivity contribution in [2.45, 2.75) is 20.4 Å². The maximum atomic E-state index is 7.11. The molecule has 0 unspecified atom stereocenters. The van der Waals surface area contributed by atoms with E-state index in [1.807, 2.05) is 13.8 Å². The highest BCUT2D eigenvalue weighted by molar-refractivity contribution is 9.10. The van der Waals surface area contributed by atoms with Crippen molar-refractivity contribution in [3.8, 4) is 0 Å². The van der Waals surface area contributed by atoms with Gasteiger partial charge in [0.05, 0.1) is 22.4 Å². The maximum Gasteiger partial charge on any atom is 0.113 e. The molecule has 0 amide bonds. The first-order valence-electron chi connectivity index (χ1n) is 3.54. The van der Waals surface area contributed by atoms with Gasteiger partial charge in [0, 0.05) is 0 Å². The second-order valence-electron chi connectivity index (χ2n) is 2.67. The lowest BCUT2D eigenvalue weighted by Crippen LogP contribution is -2.19. The van der Waals surface area contributed by atoms with Crippen molar-refractivity contribution < 1.29 is 0 Å². The van der Waals surface area contributed by atoms with Crippen LogP contribution in [0.2, 0.25) is 0 Å². The molecular formula is C7H11BrN4. The fraction of sp³-hybridized carbons (Fsp3) is 0.429. The smallest absolute Gasteiger partial charge is 0.113 e. The van der Waals surface area contributed by atoms with Crippen molar-refractivity contribution in [1.29, 1.82) is 5.41 Å². The first-order valence-corrected chi connectivity index (χ1v) is 4.34. The Morgan fingerprint density at radius 3 is 2.58 bits per heavy atom. The second-order valence-corrected chi connectivity index (χ2v) is 3.46. The standard InChI is InChI=1S/C7H11BrN4/c1-4-7(8)5(2)12(11-4)3-6(9)10/h3H2,1-2H3,(H3,9,10). The Morgan fingerprint density at radius 2 is 2.25 bits per heavy atom. The molecule has 0 saturated heterocycles. The Kier molecular flexibility index (Phi) is 2.52. The molecule has 0 radical (unpaired) electrons. The third kappa shape index (κ3) is 1.66. The molecule has 3 N–H and O–H groups in total. The molecule has 0 atom stereocenters. The molecule has 5 heteroatoms. The minimum absolute atomic E-state index is 0.119. The van der Waals surface area contributed by atoms with Gasteiger partial charge in [-0.15, -0.1) is 0 Å². The highest BCUT2D eigenvalue weighted by Crippen LogP contribution is 2.19. The first-order chi connectivity index (χ1) is 5.52. The van der Waals surface area contributed by atoms with E-state index in [2.05, 4.69) is 21.0 Å². The van der Waals surface area contributed by atoms with Crippen LogP contribution in [0.5, 0.6) is 0 Å². The van der Waals surface area contributed by atoms with Gasteiger partial charge in [0.15, 0.2) is 0 Å². The van der Waals surface area contributed by atoms with E-state index in [9.17, 15) is 0 Å². The molecule has 0 bridgehead atoms. The zero-order valence-electron chi connectivity index (χ0n) is 7.06. The first kappa shape index (κ1) is 9.25. The van der Waals surface area contributed by atoms with Gasteiger partial charge < -0.3 is 5.73 Å². The number of nitrogens with zero attached hydrogens (tertiary/aromatic N) is 2. The quantitative estimate of drug-likeness (QED) is 0.593. The topological polar surface area (TPSA) is 67.7 Å². The van der Waals surface area contributed by atoms with Gasteiger partial charge in [0.25, 0.3) is 0 Å². The maximum absolute atomic E-state index is 7.11. The fourth-order valence-electron chi connectivity index (χ4n) is 0.990. The number of hydrogen-bond donors (Lipinski definition) is 2. The number of aromatic nitrogens is 2. The molecule has 0 aliphatic heterocycles. The Labute approximate surface area is 79.4 Å². The van der Waals surface area contributed by atoms with Crippen LogP contribution in [0.3, 0.4) is 0 Å². The highest BCUT2D eigenvalue weighted by Gasteiger charge is 2.08.